The molecule has 1 heterocycles. The van der Waals surface area contributed by atoms with Crippen molar-refractivity contribution in [3.63, 3.8) is 0 Å². The van der Waals surface area contributed by atoms with Crippen molar-refractivity contribution < 1.29 is 24.6 Å². The van der Waals surface area contributed by atoms with E-state index in [1.165, 1.54) is 12.1 Å². The van der Waals surface area contributed by atoms with Crippen LogP contribution >= 0.6 is 0 Å². The van der Waals surface area contributed by atoms with Crippen molar-refractivity contribution in [2.75, 3.05) is 0 Å². The number of carbonyl (C=O) groups is 1. The molecule has 0 unspecified atom stereocenters. The molecule has 0 amide bonds. The van der Waals surface area contributed by atoms with Crippen molar-refractivity contribution in [1.29, 1.82) is 0 Å². The molecular formula is C10H15NO5. The number of ether oxygens (including phenoxy) is 1. The Hall–Kier alpha value is -1.85. The second-order valence-electron chi connectivity index (χ2n) is 3.24. The largest absolute Gasteiger partial charge is 0.534 e. The Morgan fingerprint density at radius 2 is 1.81 bits per heavy atom. The third-order valence-electron chi connectivity index (χ3n) is 2.14. The van der Waals surface area contributed by atoms with Gasteiger partial charge >= 0.3 is 6.16 Å². The normalized spacial score (nSPS) is 10.4. The molecule has 0 atom stereocenters. The Morgan fingerprint density at radius 1 is 1.31 bits per heavy atom. The monoisotopic (exact) mass is 229 g/mol. The highest BCUT2D eigenvalue weighted by Crippen LogP contribution is 2.19. The molecule has 90 valence electrons. The summed E-state index contributed by atoms with van der Waals surface area (Å²) >= 11 is 0. The number of aromatic nitrogens is 1. The van der Waals surface area contributed by atoms with Crippen LogP contribution in [0.25, 0.3) is 0 Å². The standard InChI is InChI=1S/C10H15NO5/c1-3-7(4-2)15-10(14)16-11-8(12)5-6-9(11)13/h5-7,12-13H,3-4H2,1-2H3. The van der Waals surface area contributed by atoms with E-state index in [4.69, 9.17) is 4.74 Å². The molecule has 0 aliphatic carbocycles. The fourth-order valence-corrected chi connectivity index (χ4v) is 1.18. The van der Waals surface area contributed by atoms with Crippen LogP contribution in [0.4, 0.5) is 4.79 Å². The molecule has 0 radical (unpaired) electrons. The molecule has 0 saturated carbocycles. The van der Waals surface area contributed by atoms with E-state index in [1.54, 1.807) is 0 Å². The summed E-state index contributed by atoms with van der Waals surface area (Å²) in [7, 11) is 0. The van der Waals surface area contributed by atoms with Gasteiger partial charge in [-0.15, -0.1) is 4.73 Å². The number of nitrogens with zero attached hydrogens (tertiary/aromatic N) is 1. The Kier molecular flexibility index (Phi) is 4.04. The highest BCUT2D eigenvalue weighted by molar-refractivity contribution is 5.60. The van der Waals surface area contributed by atoms with Gasteiger partial charge in [0.25, 0.3) is 0 Å². The Bertz CT molecular complexity index is 337. The van der Waals surface area contributed by atoms with E-state index in [1.807, 2.05) is 13.8 Å². The zero-order valence-electron chi connectivity index (χ0n) is 9.21. The van der Waals surface area contributed by atoms with Crippen LogP contribution in [-0.4, -0.2) is 27.2 Å². The van der Waals surface area contributed by atoms with E-state index in [0.29, 0.717) is 17.6 Å². The fourth-order valence-electron chi connectivity index (χ4n) is 1.18. The van der Waals surface area contributed by atoms with Gasteiger partial charge in [-0.05, 0) is 12.8 Å². The van der Waals surface area contributed by atoms with Gasteiger partial charge in [-0.3, -0.25) is 4.84 Å². The van der Waals surface area contributed by atoms with Crippen molar-refractivity contribution in [3.8, 4) is 11.8 Å². The van der Waals surface area contributed by atoms with Crippen LogP contribution in [0.1, 0.15) is 26.7 Å². The first-order chi connectivity index (χ1) is 7.58. The van der Waals surface area contributed by atoms with Crippen LogP contribution in [0.5, 0.6) is 11.8 Å². The van der Waals surface area contributed by atoms with Crippen LogP contribution in [0.2, 0.25) is 0 Å². The van der Waals surface area contributed by atoms with E-state index in [-0.39, 0.29) is 17.9 Å². The van der Waals surface area contributed by atoms with Crippen LogP contribution in [0.3, 0.4) is 0 Å². The van der Waals surface area contributed by atoms with E-state index in [2.05, 4.69) is 4.84 Å². The third-order valence-corrected chi connectivity index (χ3v) is 2.14. The van der Waals surface area contributed by atoms with Gasteiger partial charge in [0.05, 0.1) is 0 Å². The molecule has 1 aromatic rings. The zero-order valence-corrected chi connectivity index (χ0v) is 9.21. The number of rotatable bonds is 4. The molecule has 16 heavy (non-hydrogen) atoms. The Morgan fingerprint density at radius 3 is 2.25 bits per heavy atom. The summed E-state index contributed by atoms with van der Waals surface area (Å²) in [6.45, 7) is 3.76. The van der Waals surface area contributed by atoms with Gasteiger partial charge in [0.1, 0.15) is 6.10 Å². The third kappa shape index (κ3) is 2.82. The molecule has 0 aromatic carbocycles. The SMILES string of the molecule is CCC(CC)OC(=O)On1c(O)ccc1O. The smallest absolute Gasteiger partial charge is 0.492 e. The predicted molar refractivity (Wildman–Crippen MR) is 55.2 cm³/mol. The zero-order chi connectivity index (χ0) is 12.1. The summed E-state index contributed by atoms with van der Waals surface area (Å²) in [5.74, 6) is -0.752. The van der Waals surface area contributed by atoms with Gasteiger partial charge < -0.3 is 14.9 Å². The van der Waals surface area contributed by atoms with Gasteiger partial charge in [0.15, 0.2) is 0 Å². The van der Waals surface area contributed by atoms with Crippen LogP contribution in [0.15, 0.2) is 12.1 Å². The maximum absolute atomic E-state index is 11.3. The first-order valence-corrected chi connectivity index (χ1v) is 5.07. The molecule has 6 heteroatoms. The molecule has 2 N–H and O–H groups in total. The molecule has 0 fully saturated rings. The molecule has 0 aliphatic rings. The van der Waals surface area contributed by atoms with Crippen LogP contribution < -0.4 is 4.84 Å². The van der Waals surface area contributed by atoms with Gasteiger partial charge in [0, 0.05) is 12.1 Å². The van der Waals surface area contributed by atoms with Gasteiger partial charge in [0.2, 0.25) is 11.8 Å². The molecule has 0 aliphatic heterocycles. The van der Waals surface area contributed by atoms with E-state index in [0.717, 1.165) is 0 Å². The number of aromatic hydroxyl groups is 2. The summed E-state index contributed by atoms with van der Waals surface area (Å²) in [5.41, 5.74) is 0. The molecule has 0 saturated heterocycles. The average molecular weight is 229 g/mol. The lowest BCUT2D eigenvalue weighted by atomic mass is 10.2. The maximum atomic E-state index is 11.3. The quantitative estimate of drug-likeness (QED) is 0.767. The summed E-state index contributed by atoms with van der Waals surface area (Å²) in [6, 6.07) is 2.39. The summed E-state index contributed by atoms with van der Waals surface area (Å²) < 4.78 is 5.52. The predicted octanol–water partition coefficient (Wildman–Crippen LogP) is 1.65. The lowest BCUT2D eigenvalue weighted by molar-refractivity contribution is 0.00726. The van der Waals surface area contributed by atoms with Crippen molar-refractivity contribution in [1.82, 2.24) is 4.73 Å². The van der Waals surface area contributed by atoms with Crippen molar-refractivity contribution in [3.05, 3.63) is 12.1 Å². The Balaban J connectivity index is 2.58. The number of hydrogen-bond donors (Lipinski definition) is 2. The molecule has 1 rings (SSSR count). The van der Waals surface area contributed by atoms with Gasteiger partial charge in [-0.2, -0.15) is 0 Å². The number of hydrogen-bond acceptors (Lipinski definition) is 5. The van der Waals surface area contributed by atoms with E-state index >= 15 is 0 Å². The molecular weight excluding hydrogens is 214 g/mol. The highest BCUT2D eigenvalue weighted by Gasteiger charge is 2.16. The van der Waals surface area contributed by atoms with Crippen molar-refractivity contribution in [2.45, 2.75) is 32.8 Å². The summed E-state index contributed by atoms with van der Waals surface area (Å²) in [4.78, 5) is 15.9. The maximum Gasteiger partial charge on any atom is 0.534 e. The first-order valence-electron chi connectivity index (χ1n) is 5.07. The van der Waals surface area contributed by atoms with Crippen molar-refractivity contribution >= 4 is 6.16 Å². The molecule has 0 spiro atoms. The van der Waals surface area contributed by atoms with Crippen LogP contribution in [0, 0.1) is 0 Å². The Labute approximate surface area is 93.0 Å². The van der Waals surface area contributed by atoms with Crippen LogP contribution in [-0.2, 0) is 4.74 Å². The number of carbonyl (C=O) groups excluding carboxylic acids is 1. The second-order valence-corrected chi connectivity index (χ2v) is 3.24. The molecule has 1 aromatic heterocycles. The topological polar surface area (TPSA) is 80.9 Å². The minimum Gasteiger partial charge on any atom is -0.492 e. The minimum atomic E-state index is -0.962. The minimum absolute atomic E-state index is 0.229. The average Bonchev–Trinajstić information content (AvgIpc) is 2.57. The lowest BCUT2D eigenvalue weighted by Crippen LogP contribution is -2.25. The molecule has 0 bridgehead atoms. The fraction of sp³-hybridized carbons (Fsp3) is 0.500. The summed E-state index contributed by atoms with van der Waals surface area (Å²) in [6.07, 6.45) is 0.160. The van der Waals surface area contributed by atoms with Crippen molar-refractivity contribution in [2.24, 2.45) is 0 Å². The highest BCUT2D eigenvalue weighted by atomic mass is 16.8. The lowest BCUT2D eigenvalue weighted by Gasteiger charge is -2.13. The summed E-state index contributed by atoms with van der Waals surface area (Å²) in [5, 5.41) is 18.4. The second kappa shape index (κ2) is 5.29. The first kappa shape index (κ1) is 12.2. The van der Waals surface area contributed by atoms with E-state index < -0.39 is 6.16 Å². The van der Waals surface area contributed by atoms with E-state index in [9.17, 15) is 15.0 Å². The molecule has 6 nitrogen and oxygen atoms in total. The van der Waals surface area contributed by atoms with Gasteiger partial charge in [-0.1, -0.05) is 13.8 Å². The van der Waals surface area contributed by atoms with Gasteiger partial charge in [-0.25, -0.2) is 4.79 Å².